The summed E-state index contributed by atoms with van der Waals surface area (Å²) in [6.07, 6.45) is 2.83. The topological polar surface area (TPSA) is 62.2 Å². The summed E-state index contributed by atoms with van der Waals surface area (Å²) in [5.74, 6) is 2.77. The van der Waals surface area contributed by atoms with E-state index in [0.29, 0.717) is 0 Å². The summed E-state index contributed by atoms with van der Waals surface area (Å²) in [6, 6.07) is 5.98. The molecular weight excluding hydrogens is 398 g/mol. The molecule has 0 saturated carbocycles. The van der Waals surface area contributed by atoms with E-state index >= 15 is 0 Å². The van der Waals surface area contributed by atoms with Crippen LogP contribution in [0.1, 0.15) is 22.4 Å². The van der Waals surface area contributed by atoms with E-state index in [4.69, 9.17) is 14.5 Å². The molecule has 0 radical (unpaired) electrons. The van der Waals surface area contributed by atoms with Crippen molar-refractivity contribution >= 4 is 17.3 Å². The van der Waals surface area contributed by atoms with Gasteiger partial charge in [0.1, 0.15) is 11.5 Å². The Kier molecular flexibility index (Phi) is 8.33. The molecule has 1 aliphatic rings. The van der Waals surface area contributed by atoms with Gasteiger partial charge in [0.05, 0.1) is 19.2 Å². The number of nitrogens with one attached hydrogen (secondary N) is 1. The molecule has 0 atom stereocenters. The molecule has 1 fully saturated rings. The zero-order valence-electron chi connectivity index (χ0n) is 18.5. The lowest BCUT2D eigenvalue weighted by molar-refractivity contribution is 0.171. The molecule has 164 valence electrons. The maximum atomic E-state index is 5.53. The molecule has 8 heteroatoms. The molecular formula is C22H33N5O2S. The van der Waals surface area contributed by atoms with Crippen LogP contribution in [0.2, 0.25) is 0 Å². The van der Waals surface area contributed by atoms with Crippen molar-refractivity contribution in [3.63, 3.8) is 0 Å². The van der Waals surface area contributed by atoms with Gasteiger partial charge in [-0.2, -0.15) is 0 Å². The van der Waals surface area contributed by atoms with Gasteiger partial charge in [0, 0.05) is 68.9 Å². The number of methoxy groups -OCH3 is 2. The van der Waals surface area contributed by atoms with Gasteiger partial charge < -0.3 is 19.7 Å². The first-order chi connectivity index (χ1) is 14.6. The molecule has 1 saturated heterocycles. The minimum Gasteiger partial charge on any atom is -0.497 e. The van der Waals surface area contributed by atoms with Crippen molar-refractivity contribution in [2.75, 3.05) is 53.5 Å². The van der Waals surface area contributed by atoms with Gasteiger partial charge in [0.25, 0.3) is 0 Å². The monoisotopic (exact) mass is 431 g/mol. The van der Waals surface area contributed by atoms with E-state index < -0.39 is 0 Å². The molecule has 2 heterocycles. The summed E-state index contributed by atoms with van der Waals surface area (Å²) in [6.45, 7) is 10.6. The molecule has 1 aromatic heterocycles. The smallest absolute Gasteiger partial charge is 0.194 e. The van der Waals surface area contributed by atoms with E-state index in [1.165, 1.54) is 4.88 Å². The molecule has 0 aliphatic carbocycles. The fraction of sp³-hybridized carbons (Fsp3) is 0.545. The fourth-order valence-electron chi connectivity index (χ4n) is 3.56. The number of ether oxygens (including phenoxy) is 2. The standard InChI is InChI=1S/C22H33N5O2S/c1-5-23-22(24-9-8-21-25-15-17(2)30-21)27-12-10-26(11-13-27)16-18-14-19(28-3)6-7-20(18)29-4/h6-7,14-15H,5,8-13,16H2,1-4H3,(H,23,24). The lowest BCUT2D eigenvalue weighted by Crippen LogP contribution is -2.52. The Morgan fingerprint density at radius 3 is 2.63 bits per heavy atom. The number of piperazine rings is 1. The SMILES string of the molecule is CCNC(=NCCc1ncc(C)s1)N1CCN(Cc2cc(OC)ccc2OC)CC1. The van der Waals surface area contributed by atoms with Crippen molar-refractivity contribution in [3.05, 3.63) is 39.8 Å². The van der Waals surface area contributed by atoms with E-state index in [0.717, 1.165) is 80.3 Å². The van der Waals surface area contributed by atoms with Gasteiger partial charge in [-0.3, -0.25) is 9.89 Å². The van der Waals surface area contributed by atoms with Crippen LogP contribution < -0.4 is 14.8 Å². The van der Waals surface area contributed by atoms with E-state index in [2.05, 4.69) is 40.0 Å². The predicted molar refractivity (Wildman–Crippen MR) is 123 cm³/mol. The molecule has 3 rings (SSSR count). The highest BCUT2D eigenvalue weighted by atomic mass is 32.1. The van der Waals surface area contributed by atoms with Gasteiger partial charge in [0.15, 0.2) is 5.96 Å². The maximum absolute atomic E-state index is 5.53. The molecule has 0 amide bonds. The highest BCUT2D eigenvalue weighted by Gasteiger charge is 2.21. The van der Waals surface area contributed by atoms with E-state index in [1.807, 2.05) is 18.3 Å². The van der Waals surface area contributed by atoms with Crippen molar-refractivity contribution in [3.8, 4) is 11.5 Å². The van der Waals surface area contributed by atoms with Crippen molar-refractivity contribution in [1.29, 1.82) is 0 Å². The molecule has 30 heavy (non-hydrogen) atoms. The molecule has 1 aliphatic heterocycles. The molecule has 0 unspecified atom stereocenters. The summed E-state index contributed by atoms with van der Waals surface area (Å²) < 4.78 is 10.9. The molecule has 1 N–H and O–H groups in total. The van der Waals surface area contributed by atoms with Crippen LogP contribution in [0.25, 0.3) is 0 Å². The summed E-state index contributed by atoms with van der Waals surface area (Å²) in [7, 11) is 3.41. The fourth-order valence-corrected chi connectivity index (χ4v) is 4.34. The third kappa shape index (κ3) is 6.09. The van der Waals surface area contributed by atoms with Crippen LogP contribution in [0.15, 0.2) is 29.4 Å². The molecule has 2 aromatic rings. The van der Waals surface area contributed by atoms with Gasteiger partial charge in [-0.15, -0.1) is 11.3 Å². The van der Waals surface area contributed by atoms with Crippen LogP contribution in [0.5, 0.6) is 11.5 Å². The molecule has 0 spiro atoms. The lowest BCUT2D eigenvalue weighted by atomic mass is 10.1. The summed E-state index contributed by atoms with van der Waals surface area (Å²) in [5.41, 5.74) is 1.16. The van der Waals surface area contributed by atoms with Crippen molar-refractivity contribution < 1.29 is 9.47 Å². The Labute approximate surface area is 183 Å². The summed E-state index contributed by atoms with van der Waals surface area (Å²) in [4.78, 5) is 15.3. The number of aryl methyl sites for hydroxylation is 1. The van der Waals surface area contributed by atoms with Gasteiger partial charge in [-0.05, 0) is 32.0 Å². The normalized spacial score (nSPS) is 15.3. The van der Waals surface area contributed by atoms with Crippen LogP contribution in [0.3, 0.4) is 0 Å². The van der Waals surface area contributed by atoms with Gasteiger partial charge in [0.2, 0.25) is 0 Å². The number of aromatic nitrogens is 1. The minimum atomic E-state index is 0.760. The second-order valence-corrected chi connectivity index (χ2v) is 8.61. The Morgan fingerprint density at radius 1 is 1.20 bits per heavy atom. The number of rotatable bonds is 8. The minimum absolute atomic E-state index is 0.760. The number of nitrogens with zero attached hydrogens (tertiary/aromatic N) is 4. The number of aliphatic imine (C=N–C) groups is 1. The summed E-state index contributed by atoms with van der Waals surface area (Å²) >= 11 is 1.75. The van der Waals surface area contributed by atoms with Crippen LogP contribution in [-0.4, -0.2) is 74.2 Å². The van der Waals surface area contributed by atoms with Crippen LogP contribution in [0, 0.1) is 6.92 Å². The van der Waals surface area contributed by atoms with E-state index in [1.54, 1.807) is 25.6 Å². The number of guanidine groups is 1. The zero-order valence-corrected chi connectivity index (χ0v) is 19.3. The van der Waals surface area contributed by atoms with E-state index in [9.17, 15) is 0 Å². The first-order valence-electron chi connectivity index (χ1n) is 10.5. The number of hydrogen-bond acceptors (Lipinski definition) is 6. The average molecular weight is 432 g/mol. The highest BCUT2D eigenvalue weighted by molar-refractivity contribution is 7.11. The zero-order chi connectivity index (χ0) is 21.3. The predicted octanol–water partition coefficient (Wildman–Crippen LogP) is 2.79. The number of thiazole rings is 1. The Balaban J connectivity index is 1.55. The molecule has 7 nitrogen and oxygen atoms in total. The van der Waals surface area contributed by atoms with Gasteiger partial charge in [-0.1, -0.05) is 0 Å². The van der Waals surface area contributed by atoms with Gasteiger partial charge >= 0.3 is 0 Å². The van der Waals surface area contributed by atoms with Crippen molar-refractivity contribution in [1.82, 2.24) is 20.1 Å². The van der Waals surface area contributed by atoms with E-state index in [-0.39, 0.29) is 0 Å². The second-order valence-electron chi connectivity index (χ2n) is 7.29. The van der Waals surface area contributed by atoms with Crippen LogP contribution in [0.4, 0.5) is 0 Å². The van der Waals surface area contributed by atoms with Crippen LogP contribution in [-0.2, 0) is 13.0 Å². The average Bonchev–Trinajstić information content (AvgIpc) is 3.18. The number of benzene rings is 1. The molecule has 1 aromatic carbocycles. The second kappa shape index (κ2) is 11.2. The third-order valence-corrected chi connectivity index (χ3v) is 6.12. The Morgan fingerprint density at radius 2 is 2.00 bits per heavy atom. The largest absolute Gasteiger partial charge is 0.497 e. The third-order valence-electron chi connectivity index (χ3n) is 5.14. The van der Waals surface area contributed by atoms with Crippen molar-refractivity contribution in [2.24, 2.45) is 4.99 Å². The first-order valence-corrected chi connectivity index (χ1v) is 11.3. The maximum Gasteiger partial charge on any atom is 0.194 e. The van der Waals surface area contributed by atoms with Crippen molar-refractivity contribution in [2.45, 2.75) is 26.8 Å². The molecule has 0 bridgehead atoms. The Hall–Kier alpha value is -2.32. The quantitative estimate of drug-likeness (QED) is 0.512. The highest BCUT2D eigenvalue weighted by Crippen LogP contribution is 2.25. The first kappa shape index (κ1) is 22.4. The van der Waals surface area contributed by atoms with Gasteiger partial charge in [-0.25, -0.2) is 4.98 Å². The summed E-state index contributed by atoms with van der Waals surface area (Å²) in [5, 5.41) is 4.60. The van der Waals surface area contributed by atoms with Crippen LogP contribution >= 0.6 is 11.3 Å². The number of hydrogen-bond donors (Lipinski definition) is 1. The lowest BCUT2D eigenvalue weighted by Gasteiger charge is -2.36. The Bertz CT molecular complexity index is 831.